The number of allylic oxidation sites excluding steroid dienone is 1. The molecule has 1 fully saturated rings. The summed E-state index contributed by atoms with van der Waals surface area (Å²) >= 11 is 1.27. The van der Waals surface area contributed by atoms with Crippen molar-refractivity contribution < 1.29 is 28.5 Å². The Labute approximate surface area is 253 Å². The van der Waals surface area contributed by atoms with E-state index in [1.807, 2.05) is 43.3 Å². The van der Waals surface area contributed by atoms with Gasteiger partial charge >= 0.3 is 5.97 Å². The van der Waals surface area contributed by atoms with Gasteiger partial charge in [-0.15, -0.1) is 0 Å². The van der Waals surface area contributed by atoms with Crippen molar-refractivity contribution in [1.82, 2.24) is 9.47 Å². The molecule has 3 aromatic rings. The number of carbonyl (C=O) groups excluding carboxylic acids is 2. The molecule has 11 heteroatoms. The Morgan fingerprint density at radius 1 is 1.09 bits per heavy atom. The van der Waals surface area contributed by atoms with Crippen LogP contribution in [0.5, 0.6) is 11.5 Å². The number of carbonyl (C=O) groups is 2. The highest BCUT2D eigenvalue weighted by molar-refractivity contribution is 7.07. The van der Waals surface area contributed by atoms with Crippen molar-refractivity contribution in [1.29, 1.82) is 0 Å². The van der Waals surface area contributed by atoms with Gasteiger partial charge in [0.25, 0.3) is 11.5 Å². The van der Waals surface area contributed by atoms with Gasteiger partial charge in [0.1, 0.15) is 17.5 Å². The Hall–Kier alpha value is -4.22. The van der Waals surface area contributed by atoms with Crippen molar-refractivity contribution in [3.63, 3.8) is 0 Å². The monoisotopic (exact) mass is 605 g/mol. The molecule has 0 N–H and O–H groups in total. The molecular weight excluding hydrogens is 570 g/mol. The van der Waals surface area contributed by atoms with Crippen LogP contribution in [0.25, 0.3) is 6.08 Å². The molecule has 1 saturated heterocycles. The summed E-state index contributed by atoms with van der Waals surface area (Å²) in [7, 11) is 1.56. The predicted octanol–water partition coefficient (Wildman–Crippen LogP) is 2.82. The van der Waals surface area contributed by atoms with E-state index in [9.17, 15) is 14.4 Å². The summed E-state index contributed by atoms with van der Waals surface area (Å²) in [6.07, 6.45) is 3.11. The molecule has 1 aromatic heterocycles. The molecular formula is C32H35N3O7S. The SMILES string of the molecule is CCCC1=C(C(=O)OCC)[C@@H](c2ccccc2OC)n2c(s/c(=C/c3ccc(OCC(=O)N4CCOCC4)cc3)c2=O)=N1. The summed E-state index contributed by atoms with van der Waals surface area (Å²) in [5.74, 6) is 0.536. The van der Waals surface area contributed by atoms with Crippen LogP contribution in [-0.2, 0) is 19.1 Å². The molecule has 10 nitrogen and oxygen atoms in total. The largest absolute Gasteiger partial charge is 0.496 e. The average molecular weight is 606 g/mol. The van der Waals surface area contributed by atoms with Gasteiger partial charge in [-0.25, -0.2) is 9.79 Å². The van der Waals surface area contributed by atoms with Crippen molar-refractivity contribution in [2.24, 2.45) is 4.99 Å². The second kappa shape index (κ2) is 13.8. The second-order valence-electron chi connectivity index (χ2n) is 10.0. The van der Waals surface area contributed by atoms with Crippen molar-refractivity contribution in [2.45, 2.75) is 32.7 Å². The highest BCUT2D eigenvalue weighted by atomic mass is 32.1. The van der Waals surface area contributed by atoms with E-state index in [0.717, 1.165) is 12.0 Å². The fraction of sp³-hybridized carbons (Fsp3) is 0.375. The van der Waals surface area contributed by atoms with E-state index >= 15 is 0 Å². The van der Waals surface area contributed by atoms with E-state index in [2.05, 4.69) is 0 Å². The number of ether oxygens (including phenoxy) is 4. The Balaban J connectivity index is 1.50. The summed E-state index contributed by atoms with van der Waals surface area (Å²) in [6.45, 7) is 6.13. The smallest absolute Gasteiger partial charge is 0.338 e. The third-order valence-electron chi connectivity index (χ3n) is 7.23. The van der Waals surface area contributed by atoms with Crippen LogP contribution < -0.4 is 24.4 Å². The zero-order chi connectivity index (χ0) is 30.3. The number of amides is 1. The maximum absolute atomic E-state index is 14.0. The topological polar surface area (TPSA) is 109 Å². The molecule has 1 atom stereocenters. The van der Waals surface area contributed by atoms with Crippen LogP contribution in [0.3, 0.4) is 0 Å². The zero-order valence-corrected chi connectivity index (χ0v) is 25.4. The number of rotatable bonds is 10. The maximum Gasteiger partial charge on any atom is 0.338 e. The van der Waals surface area contributed by atoms with Crippen LogP contribution >= 0.6 is 11.3 Å². The van der Waals surface area contributed by atoms with Crippen LogP contribution in [0.4, 0.5) is 0 Å². The first kappa shape index (κ1) is 30.2. The molecule has 3 heterocycles. The minimum Gasteiger partial charge on any atom is -0.496 e. The van der Waals surface area contributed by atoms with Crippen molar-refractivity contribution in [3.05, 3.63) is 90.6 Å². The van der Waals surface area contributed by atoms with Gasteiger partial charge in [0.15, 0.2) is 11.4 Å². The van der Waals surface area contributed by atoms with Crippen molar-refractivity contribution in [2.75, 3.05) is 46.6 Å². The quantitative estimate of drug-likeness (QED) is 0.327. The van der Waals surface area contributed by atoms with E-state index in [1.165, 1.54) is 11.3 Å². The average Bonchev–Trinajstić information content (AvgIpc) is 3.34. The summed E-state index contributed by atoms with van der Waals surface area (Å²) in [6, 6.07) is 13.8. The predicted molar refractivity (Wildman–Crippen MR) is 162 cm³/mol. The molecule has 0 bridgehead atoms. The normalized spacial score (nSPS) is 16.9. The molecule has 0 spiro atoms. The van der Waals surface area contributed by atoms with Crippen LogP contribution in [0.2, 0.25) is 0 Å². The van der Waals surface area contributed by atoms with Gasteiger partial charge in [-0.05, 0) is 43.2 Å². The number of hydrogen-bond acceptors (Lipinski definition) is 9. The van der Waals surface area contributed by atoms with Crippen LogP contribution in [0, 0.1) is 0 Å². The number of aromatic nitrogens is 1. The van der Waals surface area contributed by atoms with E-state index in [4.69, 9.17) is 23.9 Å². The lowest BCUT2D eigenvalue weighted by atomic mass is 9.93. The lowest BCUT2D eigenvalue weighted by Gasteiger charge is -2.26. The van der Waals surface area contributed by atoms with Crippen molar-refractivity contribution in [3.8, 4) is 11.5 Å². The van der Waals surface area contributed by atoms with Crippen LogP contribution in [0.1, 0.15) is 43.9 Å². The van der Waals surface area contributed by atoms with Gasteiger partial charge < -0.3 is 23.8 Å². The number of benzene rings is 2. The first-order valence-corrected chi connectivity index (χ1v) is 15.2. The number of hydrogen-bond donors (Lipinski definition) is 0. The molecule has 43 heavy (non-hydrogen) atoms. The number of morpholine rings is 1. The Morgan fingerprint density at radius 2 is 1.84 bits per heavy atom. The first-order valence-electron chi connectivity index (χ1n) is 14.4. The van der Waals surface area contributed by atoms with Gasteiger partial charge in [-0.1, -0.05) is 55.0 Å². The molecule has 2 aliphatic rings. The number of esters is 1. The van der Waals surface area contributed by atoms with Crippen molar-refractivity contribution >= 4 is 29.3 Å². The van der Waals surface area contributed by atoms with Gasteiger partial charge in [-0.2, -0.15) is 0 Å². The molecule has 1 amide bonds. The van der Waals surface area contributed by atoms with E-state index < -0.39 is 12.0 Å². The molecule has 0 saturated carbocycles. The zero-order valence-electron chi connectivity index (χ0n) is 24.5. The third-order valence-corrected chi connectivity index (χ3v) is 8.21. The Kier molecular flexibility index (Phi) is 9.73. The van der Waals surface area contributed by atoms with E-state index in [0.29, 0.717) is 70.4 Å². The van der Waals surface area contributed by atoms with E-state index in [1.54, 1.807) is 41.7 Å². The number of fused-ring (bicyclic) bond motifs is 1. The summed E-state index contributed by atoms with van der Waals surface area (Å²) in [5, 5.41) is 0. The molecule has 5 rings (SSSR count). The van der Waals surface area contributed by atoms with Crippen LogP contribution in [-0.4, -0.2) is 68.0 Å². The van der Waals surface area contributed by atoms with Gasteiger partial charge in [0, 0.05) is 18.7 Å². The number of para-hydroxylation sites is 1. The highest BCUT2D eigenvalue weighted by Crippen LogP contribution is 2.36. The fourth-order valence-corrected chi connectivity index (χ4v) is 6.19. The molecule has 0 unspecified atom stereocenters. The highest BCUT2D eigenvalue weighted by Gasteiger charge is 2.35. The Morgan fingerprint density at radius 3 is 2.53 bits per heavy atom. The van der Waals surface area contributed by atoms with Gasteiger partial charge in [0.2, 0.25) is 0 Å². The summed E-state index contributed by atoms with van der Waals surface area (Å²) in [4.78, 5) is 46.8. The lowest BCUT2D eigenvalue weighted by Crippen LogP contribution is -2.42. The molecule has 0 radical (unpaired) electrons. The number of nitrogens with zero attached hydrogens (tertiary/aromatic N) is 3. The third kappa shape index (κ3) is 6.57. The van der Waals surface area contributed by atoms with Gasteiger partial charge in [0.05, 0.1) is 42.7 Å². The molecule has 2 aliphatic heterocycles. The second-order valence-corrected chi connectivity index (χ2v) is 11.0. The van der Waals surface area contributed by atoms with Gasteiger partial charge in [-0.3, -0.25) is 14.2 Å². The lowest BCUT2D eigenvalue weighted by molar-refractivity contribution is -0.139. The Bertz CT molecular complexity index is 1680. The molecule has 2 aromatic carbocycles. The maximum atomic E-state index is 14.0. The minimum absolute atomic E-state index is 0.0518. The summed E-state index contributed by atoms with van der Waals surface area (Å²) < 4.78 is 24.1. The molecule has 0 aliphatic carbocycles. The van der Waals surface area contributed by atoms with E-state index in [-0.39, 0.29) is 24.7 Å². The summed E-state index contributed by atoms with van der Waals surface area (Å²) in [5.41, 5.74) is 2.15. The number of methoxy groups -OCH3 is 1. The number of thiazole rings is 1. The minimum atomic E-state index is -0.755. The first-order chi connectivity index (χ1) is 20.9. The molecule has 226 valence electrons. The fourth-order valence-electron chi connectivity index (χ4n) is 5.17. The van der Waals surface area contributed by atoms with Crippen LogP contribution in [0.15, 0.2) is 69.6 Å². The standard InChI is InChI=1S/C32H35N3O7S/c1-4-8-24-28(31(38)41-5-2)29(23-9-6-7-10-25(23)39-3)35-30(37)26(43-32(35)33-24)19-21-11-13-22(14-12-21)42-20-27(36)34-15-17-40-18-16-34/h6-7,9-14,19,29H,4-5,8,15-18,20H2,1-3H3/b26-19+/t29-/m1/s1.